The van der Waals surface area contributed by atoms with Crippen molar-refractivity contribution in [2.75, 3.05) is 32.7 Å². The van der Waals surface area contributed by atoms with Crippen molar-refractivity contribution in [3.63, 3.8) is 0 Å². The highest BCUT2D eigenvalue weighted by molar-refractivity contribution is 6.07. The summed E-state index contributed by atoms with van der Waals surface area (Å²) in [6.45, 7) is 3.37. The quantitative estimate of drug-likeness (QED) is 0.878. The van der Waals surface area contributed by atoms with Crippen LogP contribution in [0.3, 0.4) is 0 Å². The molecule has 2 aliphatic heterocycles. The van der Waals surface area contributed by atoms with Crippen LogP contribution in [0.5, 0.6) is 0 Å². The van der Waals surface area contributed by atoms with Crippen molar-refractivity contribution in [3.05, 3.63) is 48.0 Å². The molecular formula is C20H24ClN3O2. The fourth-order valence-electron chi connectivity index (χ4n) is 3.98. The average Bonchev–Trinajstić information content (AvgIpc) is 2.67. The first kappa shape index (κ1) is 18.7. The topological polar surface area (TPSA) is 52.7 Å². The number of hydrogen-bond acceptors (Lipinski definition) is 3. The lowest BCUT2D eigenvalue weighted by molar-refractivity contribution is -0.135. The van der Waals surface area contributed by atoms with Crippen LogP contribution in [0.4, 0.5) is 0 Å². The van der Waals surface area contributed by atoms with Gasteiger partial charge in [0.25, 0.3) is 5.91 Å². The van der Waals surface area contributed by atoms with Gasteiger partial charge in [-0.2, -0.15) is 0 Å². The summed E-state index contributed by atoms with van der Waals surface area (Å²) in [6.07, 6.45) is 1.92. The van der Waals surface area contributed by atoms with Crippen LogP contribution in [-0.2, 0) is 4.79 Å². The highest BCUT2D eigenvalue weighted by atomic mass is 35.5. The minimum Gasteiger partial charge on any atom is -0.337 e. The minimum absolute atomic E-state index is 0. The summed E-state index contributed by atoms with van der Waals surface area (Å²) < 4.78 is 0. The van der Waals surface area contributed by atoms with Crippen molar-refractivity contribution >= 4 is 35.0 Å². The number of likely N-dealkylation sites (tertiary alicyclic amines) is 1. The van der Waals surface area contributed by atoms with E-state index in [1.165, 1.54) is 0 Å². The van der Waals surface area contributed by atoms with Crippen molar-refractivity contribution in [1.29, 1.82) is 0 Å². The van der Waals surface area contributed by atoms with Crippen molar-refractivity contribution < 1.29 is 9.59 Å². The van der Waals surface area contributed by atoms with Crippen LogP contribution in [0.2, 0.25) is 0 Å². The second-order valence-electron chi connectivity index (χ2n) is 6.84. The summed E-state index contributed by atoms with van der Waals surface area (Å²) in [5.74, 6) is 0.222. The lowest BCUT2D eigenvalue weighted by atomic mass is 9.99. The number of halogens is 1. The second kappa shape index (κ2) is 8.06. The van der Waals surface area contributed by atoms with E-state index in [0.717, 1.165) is 48.8 Å². The standard InChI is InChI=1S/C20H23N3O2.ClH/c24-19-13-21-10-12-23(19)16-7-4-11-22(14-16)20(25)18-9-3-6-15-5-1-2-8-17(15)18;/h1-3,5-6,8-9,16,21H,4,7,10-14H2;1H. The number of carbonyl (C=O) groups is 2. The molecule has 2 heterocycles. The van der Waals surface area contributed by atoms with E-state index < -0.39 is 0 Å². The zero-order chi connectivity index (χ0) is 17.2. The van der Waals surface area contributed by atoms with Gasteiger partial charge in [0.2, 0.25) is 5.91 Å². The maximum atomic E-state index is 13.1. The number of rotatable bonds is 2. The van der Waals surface area contributed by atoms with Crippen LogP contribution in [0.15, 0.2) is 42.5 Å². The lowest BCUT2D eigenvalue weighted by Crippen LogP contribution is -2.57. The van der Waals surface area contributed by atoms with Crippen molar-refractivity contribution in [2.24, 2.45) is 0 Å². The number of benzene rings is 2. The Morgan fingerprint density at radius 2 is 1.88 bits per heavy atom. The van der Waals surface area contributed by atoms with Gasteiger partial charge in [-0.1, -0.05) is 36.4 Å². The molecule has 0 radical (unpaired) electrons. The molecule has 0 saturated carbocycles. The van der Waals surface area contributed by atoms with Crippen LogP contribution < -0.4 is 5.32 Å². The number of nitrogens with zero attached hydrogens (tertiary/aromatic N) is 2. The van der Waals surface area contributed by atoms with Gasteiger partial charge in [-0.15, -0.1) is 12.4 Å². The maximum absolute atomic E-state index is 13.1. The zero-order valence-corrected chi connectivity index (χ0v) is 15.5. The number of fused-ring (bicyclic) bond motifs is 1. The van der Waals surface area contributed by atoms with Gasteiger partial charge in [0.1, 0.15) is 0 Å². The zero-order valence-electron chi connectivity index (χ0n) is 14.7. The SMILES string of the molecule is Cl.O=C(c1cccc2ccccc12)N1CCCC(N2CCNCC2=O)C1. The monoisotopic (exact) mass is 373 g/mol. The third kappa shape index (κ3) is 3.55. The molecule has 2 amide bonds. The minimum atomic E-state index is 0. The molecule has 0 spiro atoms. The first-order chi connectivity index (χ1) is 12.2. The average molecular weight is 374 g/mol. The van der Waals surface area contributed by atoms with Gasteiger partial charge < -0.3 is 15.1 Å². The van der Waals surface area contributed by atoms with E-state index in [1.807, 2.05) is 52.3 Å². The molecule has 2 aliphatic rings. The van der Waals surface area contributed by atoms with E-state index in [1.54, 1.807) is 0 Å². The summed E-state index contributed by atoms with van der Waals surface area (Å²) >= 11 is 0. The number of carbonyl (C=O) groups excluding carboxylic acids is 2. The molecule has 6 heteroatoms. The normalized spacial score (nSPS) is 20.8. The van der Waals surface area contributed by atoms with Crippen LogP contribution in [0.25, 0.3) is 10.8 Å². The summed E-state index contributed by atoms with van der Waals surface area (Å²) in [5, 5.41) is 5.19. The van der Waals surface area contributed by atoms with E-state index in [9.17, 15) is 9.59 Å². The van der Waals surface area contributed by atoms with E-state index in [0.29, 0.717) is 13.1 Å². The largest absolute Gasteiger partial charge is 0.337 e. The molecule has 0 aliphatic carbocycles. The third-order valence-electron chi connectivity index (χ3n) is 5.27. The Hall–Kier alpha value is -2.11. The van der Waals surface area contributed by atoms with Gasteiger partial charge in [-0.05, 0) is 29.7 Å². The molecule has 2 aromatic rings. The summed E-state index contributed by atoms with van der Waals surface area (Å²) in [7, 11) is 0. The number of hydrogen-bond donors (Lipinski definition) is 1. The fraction of sp³-hybridized carbons (Fsp3) is 0.400. The Balaban J connectivity index is 0.00000196. The van der Waals surface area contributed by atoms with E-state index in [4.69, 9.17) is 0 Å². The van der Waals surface area contributed by atoms with Crippen LogP contribution in [0.1, 0.15) is 23.2 Å². The molecule has 26 heavy (non-hydrogen) atoms. The van der Waals surface area contributed by atoms with E-state index >= 15 is 0 Å². The molecule has 0 aromatic heterocycles. The molecule has 138 valence electrons. The van der Waals surface area contributed by atoms with Gasteiger partial charge >= 0.3 is 0 Å². The molecule has 2 aromatic carbocycles. The Morgan fingerprint density at radius 1 is 1.08 bits per heavy atom. The number of piperidine rings is 1. The molecule has 2 fully saturated rings. The van der Waals surface area contributed by atoms with Crippen molar-refractivity contribution in [1.82, 2.24) is 15.1 Å². The second-order valence-corrected chi connectivity index (χ2v) is 6.84. The van der Waals surface area contributed by atoms with Crippen molar-refractivity contribution in [3.8, 4) is 0 Å². The Bertz CT molecular complexity index is 805. The summed E-state index contributed by atoms with van der Waals surface area (Å²) in [5.41, 5.74) is 0.755. The molecule has 5 nitrogen and oxygen atoms in total. The molecular weight excluding hydrogens is 350 g/mol. The number of nitrogens with one attached hydrogen (secondary N) is 1. The summed E-state index contributed by atoms with van der Waals surface area (Å²) in [4.78, 5) is 29.2. The van der Waals surface area contributed by atoms with E-state index in [-0.39, 0.29) is 30.3 Å². The highest BCUT2D eigenvalue weighted by Crippen LogP contribution is 2.23. The van der Waals surface area contributed by atoms with Gasteiger partial charge in [0.15, 0.2) is 0 Å². The maximum Gasteiger partial charge on any atom is 0.254 e. The van der Waals surface area contributed by atoms with Crippen LogP contribution in [-0.4, -0.2) is 60.4 Å². The highest BCUT2D eigenvalue weighted by Gasteiger charge is 2.32. The molecule has 1 N–H and O–H groups in total. The molecule has 1 atom stereocenters. The third-order valence-corrected chi connectivity index (χ3v) is 5.27. The fourth-order valence-corrected chi connectivity index (χ4v) is 3.98. The lowest BCUT2D eigenvalue weighted by Gasteiger charge is -2.41. The predicted molar refractivity (Wildman–Crippen MR) is 105 cm³/mol. The van der Waals surface area contributed by atoms with E-state index in [2.05, 4.69) is 5.32 Å². The van der Waals surface area contributed by atoms with Gasteiger partial charge in [-0.3, -0.25) is 9.59 Å². The first-order valence-electron chi connectivity index (χ1n) is 9.01. The van der Waals surface area contributed by atoms with Crippen molar-refractivity contribution in [2.45, 2.75) is 18.9 Å². The molecule has 1 unspecified atom stereocenters. The first-order valence-corrected chi connectivity index (χ1v) is 9.01. The predicted octanol–water partition coefficient (Wildman–Crippen LogP) is 2.30. The van der Waals surface area contributed by atoms with Gasteiger partial charge in [0, 0.05) is 37.8 Å². The number of amides is 2. The molecule has 2 saturated heterocycles. The summed E-state index contributed by atoms with van der Waals surface area (Å²) in [6, 6.07) is 14.0. The van der Waals surface area contributed by atoms with Crippen LogP contribution in [0, 0.1) is 0 Å². The smallest absolute Gasteiger partial charge is 0.254 e. The van der Waals surface area contributed by atoms with Crippen LogP contribution >= 0.6 is 12.4 Å². The Kier molecular flexibility index (Phi) is 5.79. The van der Waals surface area contributed by atoms with Gasteiger partial charge in [-0.25, -0.2) is 0 Å². The Labute approximate surface area is 159 Å². The molecule has 0 bridgehead atoms. The Morgan fingerprint density at radius 3 is 2.73 bits per heavy atom. The van der Waals surface area contributed by atoms with Gasteiger partial charge in [0.05, 0.1) is 6.54 Å². The molecule has 4 rings (SSSR count). The number of piperazine rings is 1.